The van der Waals surface area contributed by atoms with E-state index in [1.807, 2.05) is 24.3 Å². The molecule has 1 fully saturated rings. The van der Waals surface area contributed by atoms with Crippen LogP contribution in [0.2, 0.25) is 0 Å². The lowest BCUT2D eigenvalue weighted by molar-refractivity contribution is -0.131. The molecule has 0 saturated carbocycles. The molecule has 2 atom stereocenters. The molecule has 0 radical (unpaired) electrons. The van der Waals surface area contributed by atoms with E-state index < -0.39 is 12.0 Å². The molecular weight excluding hydrogens is 414 g/mol. The summed E-state index contributed by atoms with van der Waals surface area (Å²) in [7, 11) is 1.59. The van der Waals surface area contributed by atoms with E-state index in [2.05, 4.69) is 10.6 Å². The first-order valence-corrected chi connectivity index (χ1v) is 10.4. The summed E-state index contributed by atoms with van der Waals surface area (Å²) in [5.74, 6) is 0.626. The molecule has 2 aliphatic rings. The number of rotatable bonds is 7. The second-order valence-corrected chi connectivity index (χ2v) is 7.74. The average Bonchev–Trinajstić information content (AvgIpc) is 3.43. The third kappa shape index (κ3) is 4.61. The number of anilines is 1. The summed E-state index contributed by atoms with van der Waals surface area (Å²) >= 11 is 0. The Labute approximate surface area is 185 Å². The van der Waals surface area contributed by atoms with Gasteiger partial charge in [0.2, 0.25) is 24.5 Å². The molecule has 0 bridgehead atoms. The molecule has 2 N–H and O–H groups in total. The normalized spacial score (nSPS) is 17.8. The lowest BCUT2D eigenvalue weighted by Gasteiger charge is -2.19. The molecule has 2 aromatic carbocycles. The summed E-state index contributed by atoms with van der Waals surface area (Å²) in [6.45, 7) is 2.34. The van der Waals surface area contributed by atoms with Crippen molar-refractivity contribution in [3.8, 4) is 17.2 Å². The minimum Gasteiger partial charge on any atom is -0.497 e. The Balaban J connectivity index is 1.29. The molecule has 0 spiro atoms. The summed E-state index contributed by atoms with van der Waals surface area (Å²) in [5.41, 5.74) is 1.57. The molecule has 1 saturated heterocycles. The molecular formula is C23H25N3O6. The Morgan fingerprint density at radius 1 is 1.16 bits per heavy atom. The highest BCUT2D eigenvalue weighted by molar-refractivity contribution is 6.01. The maximum absolute atomic E-state index is 12.7. The summed E-state index contributed by atoms with van der Waals surface area (Å²) in [5, 5.41) is 5.52. The highest BCUT2D eigenvalue weighted by Crippen LogP contribution is 2.37. The molecule has 9 heteroatoms. The van der Waals surface area contributed by atoms with Gasteiger partial charge in [-0.1, -0.05) is 12.1 Å². The zero-order valence-corrected chi connectivity index (χ0v) is 17.9. The Morgan fingerprint density at radius 2 is 1.91 bits per heavy atom. The molecule has 4 rings (SSSR count). The molecule has 2 heterocycles. The quantitative estimate of drug-likeness (QED) is 0.679. The van der Waals surface area contributed by atoms with Gasteiger partial charge in [-0.05, 0) is 36.8 Å². The Morgan fingerprint density at radius 3 is 2.66 bits per heavy atom. The lowest BCUT2D eigenvalue weighted by atomic mass is 10.1. The Bertz CT molecular complexity index is 1020. The van der Waals surface area contributed by atoms with Crippen molar-refractivity contribution >= 4 is 23.4 Å². The van der Waals surface area contributed by atoms with Crippen molar-refractivity contribution < 1.29 is 28.6 Å². The van der Waals surface area contributed by atoms with Crippen molar-refractivity contribution in [3.05, 3.63) is 48.0 Å². The maximum Gasteiger partial charge on any atom is 0.242 e. The maximum atomic E-state index is 12.7. The van der Waals surface area contributed by atoms with Crippen LogP contribution in [0.3, 0.4) is 0 Å². The topological polar surface area (TPSA) is 106 Å². The van der Waals surface area contributed by atoms with Crippen molar-refractivity contribution in [2.45, 2.75) is 25.9 Å². The lowest BCUT2D eigenvalue weighted by Crippen LogP contribution is -2.46. The highest BCUT2D eigenvalue weighted by atomic mass is 16.7. The minimum absolute atomic E-state index is 0.0838. The SMILES string of the molecule is COc1ccc(CNC(=O)[C@H](C)NC(=O)[C@@H]2CC(=O)N(c3ccc4c(c3)OCO4)C2)cc1. The molecule has 0 aromatic heterocycles. The Kier molecular flexibility index (Phi) is 6.16. The van der Waals surface area contributed by atoms with Crippen molar-refractivity contribution in [1.29, 1.82) is 0 Å². The van der Waals surface area contributed by atoms with E-state index >= 15 is 0 Å². The monoisotopic (exact) mass is 439 g/mol. The largest absolute Gasteiger partial charge is 0.497 e. The van der Waals surface area contributed by atoms with Gasteiger partial charge in [0.1, 0.15) is 11.8 Å². The van der Waals surface area contributed by atoms with E-state index in [-0.39, 0.29) is 37.5 Å². The number of amides is 3. The van der Waals surface area contributed by atoms with Gasteiger partial charge < -0.3 is 29.7 Å². The van der Waals surface area contributed by atoms with Crippen molar-refractivity contribution in [1.82, 2.24) is 10.6 Å². The number of carbonyl (C=O) groups is 3. The predicted octanol–water partition coefficient (Wildman–Crippen LogP) is 1.60. The predicted molar refractivity (Wildman–Crippen MR) is 115 cm³/mol. The first kappa shape index (κ1) is 21.5. The van der Waals surface area contributed by atoms with Crippen LogP contribution >= 0.6 is 0 Å². The number of fused-ring (bicyclic) bond motifs is 1. The van der Waals surface area contributed by atoms with Crippen LogP contribution in [0, 0.1) is 5.92 Å². The van der Waals surface area contributed by atoms with E-state index in [1.54, 1.807) is 37.1 Å². The van der Waals surface area contributed by atoms with Gasteiger partial charge in [0.15, 0.2) is 11.5 Å². The number of ether oxygens (including phenoxy) is 3. The average molecular weight is 439 g/mol. The van der Waals surface area contributed by atoms with E-state index in [9.17, 15) is 14.4 Å². The fourth-order valence-corrected chi connectivity index (χ4v) is 3.67. The van der Waals surface area contributed by atoms with Gasteiger partial charge in [0, 0.05) is 31.3 Å². The summed E-state index contributed by atoms with van der Waals surface area (Å²) in [6, 6.07) is 11.9. The first-order valence-electron chi connectivity index (χ1n) is 10.4. The summed E-state index contributed by atoms with van der Waals surface area (Å²) in [4.78, 5) is 39.1. The molecule has 9 nitrogen and oxygen atoms in total. The van der Waals surface area contributed by atoms with Crippen LogP contribution in [0.25, 0.3) is 0 Å². The number of nitrogens with zero attached hydrogens (tertiary/aromatic N) is 1. The smallest absolute Gasteiger partial charge is 0.242 e. The number of hydrogen-bond donors (Lipinski definition) is 2. The molecule has 2 aliphatic heterocycles. The highest BCUT2D eigenvalue weighted by Gasteiger charge is 2.36. The second-order valence-electron chi connectivity index (χ2n) is 7.74. The fourth-order valence-electron chi connectivity index (χ4n) is 3.67. The van der Waals surface area contributed by atoms with Gasteiger partial charge in [-0.25, -0.2) is 0 Å². The summed E-state index contributed by atoms with van der Waals surface area (Å²) in [6.07, 6.45) is 0.0838. The van der Waals surface area contributed by atoms with Gasteiger partial charge in [-0.3, -0.25) is 14.4 Å². The molecule has 0 aliphatic carbocycles. The van der Waals surface area contributed by atoms with Gasteiger partial charge in [-0.15, -0.1) is 0 Å². The van der Waals surface area contributed by atoms with Gasteiger partial charge >= 0.3 is 0 Å². The minimum atomic E-state index is -0.726. The van der Waals surface area contributed by atoms with Crippen LogP contribution < -0.4 is 29.7 Å². The third-order valence-electron chi connectivity index (χ3n) is 5.54. The van der Waals surface area contributed by atoms with Crippen LogP contribution in [0.1, 0.15) is 18.9 Å². The third-order valence-corrected chi connectivity index (χ3v) is 5.54. The Hall–Kier alpha value is -3.75. The molecule has 2 aromatic rings. The molecule has 3 amide bonds. The van der Waals surface area contributed by atoms with Gasteiger partial charge in [0.05, 0.1) is 13.0 Å². The zero-order chi connectivity index (χ0) is 22.7. The van der Waals surface area contributed by atoms with Gasteiger partial charge in [-0.2, -0.15) is 0 Å². The van der Waals surface area contributed by atoms with E-state index in [4.69, 9.17) is 14.2 Å². The first-order chi connectivity index (χ1) is 15.4. The number of nitrogens with one attached hydrogen (secondary N) is 2. The number of carbonyl (C=O) groups excluding carboxylic acids is 3. The van der Waals surface area contributed by atoms with Crippen LogP contribution in [0.5, 0.6) is 17.2 Å². The second kappa shape index (κ2) is 9.17. The van der Waals surface area contributed by atoms with Crippen molar-refractivity contribution in [3.63, 3.8) is 0 Å². The van der Waals surface area contributed by atoms with E-state index in [1.165, 1.54) is 0 Å². The van der Waals surface area contributed by atoms with Crippen molar-refractivity contribution in [2.24, 2.45) is 5.92 Å². The van der Waals surface area contributed by atoms with E-state index in [0.717, 1.165) is 11.3 Å². The molecule has 32 heavy (non-hydrogen) atoms. The standard InChI is InChI=1S/C23H25N3O6/c1-14(22(28)24-11-15-3-6-18(30-2)7-4-15)25-23(29)16-9-21(27)26(12-16)17-5-8-19-20(10-17)32-13-31-19/h3-8,10,14,16H,9,11-13H2,1-2H3,(H,24,28)(H,25,29)/t14-,16+/m0/s1. The summed E-state index contributed by atoms with van der Waals surface area (Å²) < 4.78 is 15.8. The van der Waals surface area contributed by atoms with E-state index in [0.29, 0.717) is 23.7 Å². The van der Waals surface area contributed by atoms with Gasteiger partial charge in [0.25, 0.3) is 0 Å². The van der Waals surface area contributed by atoms with Crippen LogP contribution in [0.15, 0.2) is 42.5 Å². The van der Waals surface area contributed by atoms with Crippen LogP contribution in [0.4, 0.5) is 5.69 Å². The van der Waals surface area contributed by atoms with Crippen molar-refractivity contribution in [2.75, 3.05) is 25.3 Å². The molecule has 0 unspecified atom stereocenters. The zero-order valence-electron chi connectivity index (χ0n) is 17.9. The number of benzene rings is 2. The number of methoxy groups -OCH3 is 1. The molecule has 168 valence electrons. The fraction of sp³-hybridized carbons (Fsp3) is 0.348. The van der Waals surface area contributed by atoms with Crippen LogP contribution in [-0.4, -0.2) is 44.2 Å². The number of hydrogen-bond acceptors (Lipinski definition) is 6. The van der Waals surface area contributed by atoms with Crippen LogP contribution in [-0.2, 0) is 20.9 Å².